The Kier molecular flexibility index (Phi) is 5.17. The number of cyclic esters (lactones) is 1. The minimum absolute atomic E-state index is 0.166. The van der Waals surface area contributed by atoms with Crippen molar-refractivity contribution in [3.8, 4) is 0 Å². The van der Waals surface area contributed by atoms with E-state index in [1.165, 1.54) is 4.90 Å². The summed E-state index contributed by atoms with van der Waals surface area (Å²) in [4.78, 5) is 27.6. The van der Waals surface area contributed by atoms with E-state index in [1.54, 1.807) is 0 Å². The number of hydrogen-bond donors (Lipinski definition) is 0. The van der Waals surface area contributed by atoms with E-state index in [2.05, 4.69) is 10.0 Å². The molecule has 0 spiro atoms. The van der Waals surface area contributed by atoms with Crippen LogP contribution in [0.1, 0.15) is 18.4 Å². The van der Waals surface area contributed by atoms with E-state index in [4.69, 9.17) is 10.3 Å². The van der Waals surface area contributed by atoms with Gasteiger partial charge in [0.2, 0.25) is 5.91 Å². The maximum atomic E-state index is 12.1. The van der Waals surface area contributed by atoms with Gasteiger partial charge in [-0.3, -0.25) is 4.79 Å². The van der Waals surface area contributed by atoms with Gasteiger partial charge in [-0.15, -0.1) is 0 Å². The zero-order chi connectivity index (χ0) is 15.1. The van der Waals surface area contributed by atoms with Gasteiger partial charge in [0, 0.05) is 17.9 Å². The molecular weight excluding hydrogens is 272 g/mol. The third-order valence-electron chi connectivity index (χ3n) is 3.26. The zero-order valence-electron chi connectivity index (χ0n) is 11.5. The Morgan fingerprint density at radius 3 is 2.90 bits per heavy atom. The third kappa shape index (κ3) is 3.97. The number of ether oxygens (including phenoxy) is 1. The molecule has 1 aromatic rings. The zero-order valence-corrected chi connectivity index (χ0v) is 11.5. The molecule has 0 unspecified atom stereocenters. The van der Waals surface area contributed by atoms with Crippen molar-refractivity contribution in [2.45, 2.75) is 25.3 Å². The number of rotatable bonds is 6. The monoisotopic (exact) mass is 288 g/mol. The molecule has 2 rings (SSSR count). The number of hydrogen-bond acceptors (Lipinski definition) is 4. The van der Waals surface area contributed by atoms with Gasteiger partial charge in [-0.2, -0.15) is 0 Å². The summed E-state index contributed by atoms with van der Waals surface area (Å²) in [5, 5.41) is 3.37. The maximum Gasteiger partial charge on any atom is 0.416 e. The van der Waals surface area contributed by atoms with Gasteiger partial charge in [-0.1, -0.05) is 35.4 Å². The lowest BCUT2D eigenvalue weighted by Gasteiger charge is -2.19. The number of carbonyl (C=O) groups is 2. The first-order valence-corrected chi connectivity index (χ1v) is 6.76. The smallest absolute Gasteiger partial charge is 0.416 e. The highest BCUT2D eigenvalue weighted by Gasteiger charge is 2.37. The molecule has 1 aliphatic rings. The summed E-state index contributed by atoms with van der Waals surface area (Å²) in [6, 6.07) is 9.38. The highest BCUT2D eigenvalue weighted by atomic mass is 16.6. The quantitative estimate of drug-likeness (QED) is 0.348. The fourth-order valence-corrected chi connectivity index (χ4v) is 2.27. The summed E-state index contributed by atoms with van der Waals surface area (Å²) < 4.78 is 4.98. The molecule has 21 heavy (non-hydrogen) atoms. The lowest BCUT2D eigenvalue weighted by molar-refractivity contribution is -0.129. The van der Waals surface area contributed by atoms with Crippen LogP contribution in [0.25, 0.3) is 10.4 Å². The second-order valence-corrected chi connectivity index (χ2v) is 4.74. The largest absolute Gasteiger partial charge is 0.447 e. The van der Waals surface area contributed by atoms with Crippen molar-refractivity contribution < 1.29 is 14.3 Å². The average Bonchev–Trinajstić information content (AvgIpc) is 2.85. The van der Waals surface area contributed by atoms with Crippen molar-refractivity contribution >= 4 is 12.0 Å². The lowest BCUT2D eigenvalue weighted by atomic mass is 10.1. The minimum atomic E-state index is -0.593. The molecule has 1 heterocycles. The topological polar surface area (TPSA) is 95.4 Å². The van der Waals surface area contributed by atoms with Crippen molar-refractivity contribution in [2.75, 3.05) is 13.2 Å². The summed E-state index contributed by atoms with van der Waals surface area (Å²) in [6.45, 7) is 0.463. The average molecular weight is 288 g/mol. The van der Waals surface area contributed by atoms with Crippen LogP contribution < -0.4 is 0 Å². The summed E-state index contributed by atoms with van der Waals surface area (Å²) in [5.74, 6) is -0.286. The van der Waals surface area contributed by atoms with E-state index in [1.807, 2.05) is 30.3 Å². The highest BCUT2D eigenvalue weighted by molar-refractivity contribution is 5.93. The van der Waals surface area contributed by atoms with Gasteiger partial charge in [0.1, 0.15) is 6.61 Å². The van der Waals surface area contributed by atoms with Gasteiger partial charge < -0.3 is 4.74 Å². The van der Waals surface area contributed by atoms with E-state index in [0.29, 0.717) is 12.8 Å². The molecule has 0 aromatic heterocycles. The molecule has 1 atom stereocenters. The molecule has 1 saturated heterocycles. The third-order valence-corrected chi connectivity index (χ3v) is 3.26. The van der Waals surface area contributed by atoms with Crippen molar-refractivity contribution in [1.82, 2.24) is 4.90 Å². The normalized spacial score (nSPS) is 17.2. The molecule has 1 aromatic carbocycles. The summed E-state index contributed by atoms with van der Waals surface area (Å²) in [6.07, 6.45) is 0.573. The molecule has 1 aliphatic heterocycles. The van der Waals surface area contributed by atoms with Crippen LogP contribution in [0.3, 0.4) is 0 Å². The minimum Gasteiger partial charge on any atom is -0.447 e. The predicted octanol–water partition coefficient (Wildman–Crippen LogP) is 2.67. The summed E-state index contributed by atoms with van der Waals surface area (Å²) in [7, 11) is 0. The lowest BCUT2D eigenvalue weighted by Crippen LogP contribution is -2.40. The van der Waals surface area contributed by atoms with Crippen molar-refractivity contribution in [3.63, 3.8) is 0 Å². The SMILES string of the molecule is [N-]=[N+]=NCCCC(=O)N1C(=O)OC[C@@H]1Cc1ccccc1. The van der Waals surface area contributed by atoms with Crippen LogP contribution in [0, 0.1) is 0 Å². The fraction of sp³-hybridized carbons (Fsp3) is 0.429. The van der Waals surface area contributed by atoms with Gasteiger partial charge >= 0.3 is 6.09 Å². The molecule has 1 fully saturated rings. The van der Waals surface area contributed by atoms with Gasteiger partial charge in [0.15, 0.2) is 0 Å². The Bertz CT molecular complexity index is 555. The van der Waals surface area contributed by atoms with Gasteiger partial charge in [0.05, 0.1) is 6.04 Å². The molecule has 7 heteroatoms. The molecule has 0 aliphatic carbocycles. The molecule has 0 bridgehead atoms. The standard InChI is InChI=1S/C14H16N4O3/c15-17-16-8-4-7-13(19)18-12(10-21-14(18)20)9-11-5-2-1-3-6-11/h1-3,5-6,12H,4,7-10H2/t12-/m0/s1. The maximum absolute atomic E-state index is 12.1. The highest BCUT2D eigenvalue weighted by Crippen LogP contribution is 2.18. The second kappa shape index (κ2) is 7.31. The summed E-state index contributed by atoms with van der Waals surface area (Å²) in [5.41, 5.74) is 9.23. The van der Waals surface area contributed by atoms with E-state index >= 15 is 0 Å². The first-order chi connectivity index (χ1) is 10.2. The molecule has 0 radical (unpaired) electrons. The number of benzene rings is 1. The Balaban J connectivity index is 1.96. The Labute approximate surface area is 122 Å². The van der Waals surface area contributed by atoms with Crippen LogP contribution in [0.5, 0.6) is 0 Å². The van der Waals surface area contributed by atoms with Gasteiger partial charge in [-0.25, -0.2) is 9.69 Å². The first kappa shape index (κ1) is 14.9. The van der Waals surface area contributed by atoms with Crippen LogP contribution in [0.15, 0.2) is 35.4 Å². The van der Waals surface area contributed by atoms with E-state index in [0.717, 1.165) is 5.56 Å². The van der Waals surface area contributed by atoms with Crippen molar-refractivity contribution in [1.29, 1.82) is 0 Å². The van der Waals surface area contributed by atoms with Crippen LogP contribution in [0.2, 0.25) is 0 Å². The summed E-state index contributed by atoms with van der Waals surface area (Å²) >= 11 is 0. The fourth-order valence-electron chi connectivity index (χ4n) is 2.27. The number of imide groups is 1. The Hall–Kier alpha value is -2.53. The predicted molar refractivity (Wildman–Crippen MR) is 75.4 cm³/mol. The first-order valence-electron chi connectivity index (χ1n) is 6.76. The van der Waals surface area contributed by atoms with Crippen LogP contribution >= 0.6 is 0 Å². The van der Waals surface area contributed by atoms with Crippen LogP contribution in [-0.2, 0) is 16.0 Å². The molecule has 0 saturated carbocycles. The molecule has 7 nitrogen and oxygen atoms in total. The van der Waals surface area contributed by atoms with Crippen molar-refractivity contribution in [3.05, 3.63) is 46.3 Å². The number of nitrogens with zero attached hydrogens (tertiary/aromatic N) is 4. The number of azide groups is 1. The van der Waals surface area contributed by atoms with Gasteiger partial charge in [0.25, 0.3) is 0 Å². The molecule has 2 amide bonds. The second-order valence-electron chi connectivity index (χ2n) is 4.74. The Morgan fingerprint density at radius 2 is 2.19 bits per heavy atom. The Morgan fingerprint density at radius 1 is 1.43 bits per heavy atom. The van der Waals surface area contributed by atoms with Gasteiger partial charge in [-0.05, 0) is 23.9 Å². The van der Waals surface area contributed by atoms with Crippen LogP contribution in [0.4, 0.5) is 4.79 Å². The number of amides is 2. The van der Waals surface area contributed by atoms with E-state index in [-0.39, 0.29) is 31.5 Å². The van der Waals surface area contributed by atoms with E-state index < -0.39 is 6.09 Å². The van der Waals surface area contributed by atoms with Crippen molar-refractivity contribution in [2.24, 2.45) is 5.11 Å². The van der Waals surface area contributed by atoms with Crippen LogP contribution in [-0.4, -0.2) is 36.1 Å². The molecule has 0 N–H and O–H groups in total. The molecule has 110 valence electrons. The molecular formula is C14H16N4O3. The number of carbonyl (C=O) groups excluding carboxylic acids is 2. The van der Waals surface area contributed by atoms with E-state index in [9.17, 15) is 9.59 Å².